The van der Waals surface area contributed by atoms with E-state index in [2.05, 4.69) is 17.1 Å². The zero-order valence-electron chi connectivity index (χ0n) is 13.8. The minimum Gasteiger partial charge on any atom is -0.396 e. The summed E-state index contributed by atoms with van der Waals surface area (Å²) in [6.07, 6.45) is 15.3. The molecule has 0 aromatic carbocycles. The van der Waals surface area contributed by atoms with E-state index in [0.29, 0.717) is 12.5 Å². The molecule has 1 saturated carbocycles. The SMILES string of the molecule is OCC1C(CN2CCCCC2)CCC2C3=C(CC=CC3)CC21. The Morgan fingerprint density at radius 2 is 1.86 bits per heavy atom. The van der Waals surface area contributed by atoms with Crippen LogP contribution in [0.4, 0.5) is 0 Å². The number of rotatable bonds is 3. The van der Waals surface area contributed by atoms with Crippen LogP contribution in [-0.2, 0) is 0 Å². The normalized spacial score (nSPS) is 39.0. The Morgan fingerprint density at radius 3 is 2.68 bits per heavy atom. The van der Waals surface area contributed by atoms with Gasteiger partial charge in [0.15, 0.2) is 0 Å². The highest BCUT2D eigenvalue weighted by atomic mass is 16.3. The molecule has 22 heavy (non-hydrogen) atoms. The minimum atomic E-state index is 0.410. The van der Waals surface area contributed by atoms with Crippen molar-refractivity contribution in [3.8, 4) is 0 Å². The molecule has 0 aromatic heterocycles. The van der Waals surface area contributed by atoms with Gasteiger partial charge < -0.3 is 10.0 Å². The number of hydrogen-bond donors (Lipinski definition) is 1. The maximum atomic E-state index is 10.1. The highest BCUT2D eigenvalue weighted by Gasteiger charge is 2.44. The summed E-state index contributed by atoms with van der Waals surface area (Å²) in [4.78, 5) is 2.68. The monoisotopic (exact) mass is 301 g/mol. The number of likely N-dealkylation sites (tertiary alicyclic amines) is 1. The lowest BCUT2D eigenvalue weighted by Crippen LogP contribution is -2.43. The van der Waals surface area contributed by atoms with Crippen molar-refractivity contribution in [1.82, 2.24) is 4.90 Å². The molecule has 0 radical (unpaired) electrons. The molecule has 0 bridgehead atoms. The summed E-state index contributed by atoms with van der Waals surface area (Å²) in [5.41, 5.74) is 3.50. The molecule has 4 aliphatic rings. The van der Waals surface area contributed by atoms with Crippen LogP contribution < -0.4 is 0 Å². The summed E-state index contributed by atoms with van der Waals surface area (Å²) in [6.45, 7) is 4.24. The van der Waals surface area contributed by atoms with Crippen molar-refractivity contribution in [3.63, 3.8) is 0 Å². The molecular weight excluding hydrogens is 270 g/mol. The first-order valence-corrected chi connectivity index (χ1v) is 9.56. The molecule has 2 nitrogen and oxygen atoms in total. The lowest BCUT2D eigenvalue weighted by molar-refractivity contribution is 0.0353. The van der Waals surface area contributed by atoms with Crippen LogP contribution >= 0.6 is 0 Å². The topological polar surface area (TPSA) is 23.5 Å². The smallest absolute Gasteiger partial charge is 0.0465 e. The number of nitrogens with zero attached hydrogens (tertiary/aromatic N) is 1. The van der Waals surface area contributed by atoms with Crippen LogP contribution in [0.3, 0.4) is 0 Å². The van der Waals surface area contributed by atoms with Crippen LogP contribution in [0.1, 0.15) is 51.4 Å². The molecular formula is C20H31NO. The van der Waals surface area contributed by atoms with E-state index in [9.17, 15) is 5.11 Å². The Balaban J connectivity index is 1.44. The Labute approximate surface area is 135 Å². The molecule has 3 aliphatic carbocycles. The zero-order chi connectivity index (χ0) is 14.9. The summed E-state index contributed by atoms with van der Waals surface area (Å²) in [5.74, 6) is 2.83. The second-order valence-electron chi connectivity index (χ2n) is 8.03. The first-order valence-electron chi connectivity index (χ1n) is 9.56. The third-order valence-electron chi connectivity index (χ3n) is 6.93. The van der Waals surface area contributed by atoms with Crippen molar-refractivity contribution in [1.29, 1.82) is 0 Å². The molecule has 2 fully saturated rings. The summed E-state index contributed by atoms with van der Waals surface area (Å²) in [5, 5.41) is 10.1. The number of allylic oxidation sites excluding steroid dienone is 4. The molecule has 1 aliphatic heterocycles. The Morgan fingerprint density at radius 1 is 1.05 bits per heavy atom. The minimum absolute atomic E-state index is 0.410. The number of hydrogen-bond acceptors (Lipinski definition) is 2. The van der Waals surface area contributed by atoms with Gasteiger partial charge in [-0.25, -0.2) is 0 Å². The molecule has 1 saturated heterocycles. The lowest BCUT2D eigenvalue weighted by atomic mass is 9.66. The van der Waals surface area contributed by atoms with E-state index in [1.807, 2.05) is 0 Å². The molecule has 0 spiro atoms. The second-order valence-corrected chi connectivity index (χ2v) is 8.03. The van der Waals surface area contributed by atoms with E-state index in [1.54, 1.807) is 11.1 Å². The van der Waals surface area contributed by atoms with E-state index < -0.39 is 0 Å². The molecule has 2 heteroatoms. The van der Waals surface area contributed by atoms with Crippen LogP contribution in [-0.4, -0.2) is 36.2 Å². The Hall–Kier alpha value is -0.600. The molecule has 0 amide bonds. The predicted octanol–water partition coefficient (Wildman–Crippen LogP) is 3.77. The van der Waals surface area contributed by atoms with Gasteiger partial charge >= 0.3 is 0 Å². The third-order valence-corrected chi connectivity index (χ3v) is 6.93. The quantitative estimate of drug-likeness (QED) is 0.802. The average molecular weight is 301 g/mol. The van der Waals surface area contributed by atoms with Gasteiger partial charge in [-0.3, -0.25) is 0 Å². The molecule has 1 N–H and O–H groups in total. The summed E-state index contributed by atoms with van der Waals surface area (Å²) < 4.78 is 0. The number of fused-ring (bicyclic) bond motifs is 2. The van der Waals surface area contributed by atoms with Crippen LogP contribution in [0.2, 0.25) is 0 Å². The second kappa shape index (κ2) is 6.49. The van der Waals surface area contributed by atoms with Gasteiger partial charge in [0, 0.05) is 13.2 Å². The van der Waals surface area contributed by atoms with Gasteiger partial charge in [0.05, 0.1) is 0 Å². The van der Waals surface area contributed by atoms with Gasteiger partial charge in [0.25, 0.3) is 0 Å². The van der Waals surface area contributed by atoms with E-state index in [0.717, 1.165) is 17.8 Å². The number of piperidine rings is 1. The highest BCUT2D eigenvalue weighted by molar-refractivity contribution is 5.33. The zero-order valence-corrected chi connectivity index (χ0v) is 13.8. The molecule has 1 heterocycles. The van der Waals surface area contributed by atoms with Crippen molar-refractivity contribution < 1.29 is 5.11 Å². The first kappa shape index (κ1) is 15.0. The van der Waals surface area contributed by atoms with Gasteiger partial charge in [0.2, 0.25) is 0 Å². The fourth-order valence-electron chi connectivity index (χ4n) is 5.80. The predicted molar refractivity (Wildman–Crippen MR) is 90.6 cm³/mol. The molecule has 4 atom stereocenters. The number of aliphatic hydroxyl groups excluding tert-OH is 1. The van der Waals surface area contributed by atoms with Crippen molar-refractivity contribution in [3.05, 3.63) is 23.3 Å². The summed E-state index contributed by atoms with van der Waals surface area (Å²) in [7, 11) is 0. The van der Waals surface area contributed by atoms with Gasteiger partial charge in [-0.1, -0.05) is 29.7 Å². The van der Waals surface area contributed by atoms with Crippen LogP contribution in [0, 0.1) is 23.7 Å². The maximum absolute atomic E-state index is 10.1. The van der Waals surface area contributed by atoms with Gasteiger partial charge in [-0.05, 0) is 81.7 Å². The average Bonchev–Trinajstić information content (AvgIpc) is 2.94. The van der Waals surface area contributed by atoms with E-state index in [4.69, 9.17) is 0 Å². The fraction of sp³-hybridized carbons (Fsp3) is 0.800. The van der Waals surface area contributed by atoms with E-state index in [1.165, 1.54) is 71.0 Å². The molecule has 4 rings (SSSR count). The van der Waals surface area contributed by atoms with Gasteiger partial charge in [-0.15, -0.1) is 0 Å². The maximum Gasteiger partial charge on any atom is 0.0465 e. The van der Waals surface area contributed by atoms with Crippen LogP contribution in [0.25, 0.3) is 0 Å². The Kier molecular flexibility index (Phi) is 4.41. The molecule has 4 unspecified atom stereocenters. The van der Waals surface area contributed by atoms with Crippen molar-refractivity contribution in [2.75, 3.05) is 26.2 Å². The number of aliphatic hydroxyl groups is 1. The summed E-state index contributed by atoms with van der Waals surface area (Å²) in [6, 6.07) is 0. The summed E-state index contributed by atoms with van der Waals surface area (Å²) >= 11 is 0. The van der Waals surface area contributed by atoms with Crippen molar-refractivity contribution in [2.45, 2.75) is 51.4 Å². The van der Waals surface area contributed by atoms with E-state index >= 15 is 0 Å². The van der Waals surface area contributed by atoms with Gasteiger partial charge in [0.1, 0.15) is 0 Å². The standard InChI is InChI=1S/C20H31NO/c22-14-20-16(13-21-10-4-1-5-11-21)8-9-18-17-7-3-2-6-15(17)12-19(18)20/h2-3,16,18-20,22H,1,4-14H2. The fourth-order valence-corrected chi connectivity index (χ4v) is 5.80. The van der Waals surface area contributed by atoms with Gasteiger partial charge in [-0.2, -0.15) is 0 Å². The van der Waals surface area contributed by atoms with E-state index in [-0.39, 0.29) is 0 Å². The largest absolute Gasteiger partial charge is 0.396 e. The molecule has 0 aromatic rings. The van der Waals surface area contributed by atoms with Crippen LogP contribution in [0.15, 0.2) is 23.3 Å². The van der Waals surface area contributed by atoms with Crippen LogP contribution in [0.5, 0.6) is 0 Å². The van der Waals surface area contributed by atoms with Crippen molar-refractivity contribution >= 4 is 0 Å². The first-order chi connectivity index (χ1) is 10.9. The lowest BCUT2D eigenvalue weighted by Gasteiger charge is -2.43. The third kappa shape index (κ3) is 2.69. The Bertz CT molecular complexity index is 460. The highest BCUT2D eigenvalue weighted by Crippen LogP contribution is 2.53. The molecule has 122 valence electrons. The van der Waals surface area contributed by atoms with Crippen molar-refractivity contribution in [2.24, 2.45) is 23.7 Å².